The number of fused-ring (bicyclic) bond motifs is 1. The van der Waals surface area contributed by atoms with Gasteiger partial charge in [-0.05, 0) is 43.3 Å². The molecule has 0 aliphatic carbocycles. The number of hydrogen-bond donors (Lipinski definition) is 1. The van der Waals surface area contributed by atoms with Gasteiger partial charge < -0.3 is 14.8 Å². The Hall–Kier alpha value is -3.65. The summed E-state index contributed by atoms with van der Waals surface area (Å²) in [7, 11) is 0. The van der Waals surface area contributed by atoms with Crippen LogP contribution in [0.4, 0.5) is 11.5 Å². The highest BCUT2D eigenvalue weighted by atomic mass is 35.5. The third-order valence-electron chi connectivity index (χ3n) is 4.15. The number of carbonyl (C=O) groups excluding carboxylic acids is 1. The molecular weight excluding hydrogens is 406 g/mol. The second-order valence-corrected chi connectivity index (χ2v) is 6.64. The summed E-state index contributed by atoms with van der Waals surface area (Å²) in [5.41, 5.74) is 2.25. The number of esters is 1. The molecule has 0 aliphatic heterocycles. The second kappa shape index (κ2) is 8.79. The van der Waals surface area contributed by atoms with Crippen molar-refractivity contribution in [2.24, 2.45) is 0 Å². The van der Waals surface area contributed by atoms with Crippen LogP contribution in [0.2, 0.25) is 5.02 Å². The van der Waals surface area contributed by atoms with Crippen LogP contribution in [-0.4, -0.2) is 32.2 Å². The molecule has 3 heterocycles. The number of anilines is 2. The lowest BCUT2D eigenvalue weighted by atomic mass is 10.3. The van der Waals surface area contributed by atoms with E-state index in [2.05, 4.69) is 20.4 Å². The zero-order valence-corrected chi connectivity index (χ0v) is 16.8. The van der Waals surface area contributed by atoms with Crippen molar-refractivity contribution < 1.29 is 14.3 Å². The summed E-state index contributed by atoms with van der Waals surface area (Å²) in [6.07, 6.45) is 3.34. The van der Waals surface area contributed by atoms with E-state index in [1.165, 1.54) is 4.52 Å². The predicted octanol–water partition coefficient (Wildman–Crippen LogP) is 4.28. The van der Waals surface area contributed by atoms with Crippen molar-refractivity contribution in [1.29, 1.82) is 0 Å². The summed E-state index contributed by atoms with van der Waals surface area (Å²) in [4.78, 5) is 20.4. The van der Waals surface area contributed by atoms with Crippen molar-refractivity contribution in [2.45, 2.75) is 13.5 Å². The average Bonchev–Trinajstić information content (AvgIpc) is 3.20. The molecule has 8 nitrogen and oxygen atoms in total. The maximum absolute atomic E-state index is 11.9. The number of carbonyl (C=O) groups is 1. The first-order chi connectivity index (χ1) is 14.6. The normalized spacial score (nSPS) is 10.7. The van der Waals surface area contributed by atoms with Gasteiger partial charge in [0.25, 0.3) is 0 Å². The number of halogens is 1. The number of benzene rings is 1. The van der Waals surface area contributed by atoms with Gasteiger partial charge in [0, 0.05) is 24.1 Å². The van der Waals surface area contributed by atoms with Crippen LogP contribution in [0.5, 0.6) is 5.75 Å². The topological polar surface area (TPSA) is 90.6 Å². The number of nitrogens with one attached hydrogen (secondary N) is 1. The molecule has 1 aromatic carbocycles. The maximum atomic E-state index is 11.9. The number of hydrogen-bond acceptors (Lipinski definition) is 7. The fourth-order valence-electron chi connectivity index (χ4n) is 2.77. The molecule has 0 bridgehead atoms. The van der Waals surface area contributed by atoms with E-state index >= 15 is 0 Å². The molecule has 0 saturated carbocycles. The van der Waals surface area contributed by atoms with Gasteiger partial charge in [-0.25, -0.2) is 9.78 Å². The quantitative estimate of drug-likeness (QED) is 0.443. The fraction of sp³-hybridized carbons (Fsp3) is 0.143. The van der Waals surface area contributed by atoms with Crippen molar-refractivity contribution in [3.8, 4) is 5.75 Å². The van der Waals surface area contributed by atoms with Crippen molar-refractivity contribution >= 4 is 34.7 Å². The van der Waals surface area contributed by atoms with Gasteiger partial charge in [-0.15, -0.1) is 0 Å². The predicted molar refractivity (Wildman–Crippen MR) is 112 cm³/mol. The van der Waals surface area contributed by atoms with E-state index in [4.69, 9.17) is 21.1 Å². The van der Waals surface area contributed by atoms with Crippen LogP contribution in [0.1, 0.15) is 23.1 Å². The second-order valence-electron chi connectivity index (χ2n) is 6.23. The molecule has 4 aromatic rings. The molecule has 0 radical (unpaired) electrons. The third kappa shape index (κ3) is 4.33. The molecule has 1 N–H and O–H groups in total. The molecule has 0 spiro atoms. The fourth-order valence-corrected chi connectivity index (χ4v) is 3.01. The SMILES string of the molecule is CCOC(=O)c1cc2nccc(Nc3ccc(OCc4ccccn4)c(Cl)c3)n2n1. The van der Waals surface area contributed by atoms with E-state index in [9.17, 15) is 4.79 Å². The summed E-state index contributed by atoms with van der Waals surface area (Å²) in [5, 5.41) is 7.96. The Morgan fingerprint density at radius 1 is 1.13 bits per heavy atom. The summed E-state index contributed by atoms with van der Waals surface area (Å²) >= 11 is 6.38. The van der Waals surface area contributed by atoms with E-state index in [1.54, 1.807) is 43.6 Å². The van der Waals surface area contributed by atoms with Crippen LogP contribution < -0.4 is 10.1 Å². The van der Waals surface area contributed by atoms with Crippen LogP contribution in [0, 0.1) is 0 Å². The van der Waals surface area contributed by atoms with Gasteiger partial charge in [0.2, 0.25) is 0 Å². The van der Waals surface area contributed by atoms with Crippen molar-refractivity contribution in [2.75, 3.05) is 11.9 Å². The summed E-state index contributed by atoms with van der Waals surface area (Å²) in [5.74, 6) is 0.677. The van der Waals surface area contributed by atoms with Gasteiger partial charge in [-0.1, -0.05) is 17.7 Å². The molecule has 0 fully saturated rings. The molecule has 3 aromatic heterocycles. The minimum atomic E-state index is -0.494. The lowest BCUT2D eigenvalue weighted by Gasteiger charge is -2.11. The standard InChI is InChI=1S/C21H18ClN5O3/c1-2-29-21(28)17-12-20-24-10-8-19(27(20)26-17)25-14-6-7-18(16(22)11-14)30-13-15-5-3-4-9-23-15/h3-12,25H,2,13H2,1H3. The van der Waals surface area contributed by atoms with Crippen LogP contribution in [-0.2, 0) is 11.3 Å². The Labute approximate surface area is 177 Å². The molecular formula is C21H18ClN5O3. The van der Waals surface area contributed by atoms with Gasteiger partial charge in [-0.2, -0.15) is 9.61 Å². The minimum Gasteiger partial charge on any atom is -0.486 e. The van der Waals surface area contributed by atoms with Crippen LogP contribution >= 0.6 is 11.6 Å². The monoisotopic (exact) mass is 423 g/mol. The summed E-state index contributed by atoms with van der Waals surface area (Å²) in [6.45, 7) is 2.34. The highest BCUT2D eigenvalue weighted by Crippen LogP contribution is 2.29. The summed E-state index contributed by atoms with van der Waals surface area (Å²) < 4.78 is 12.3. The molecule has 9 heteroatoms. The van der Waals surface area contributed by atoms with Gasteiger partial charge in [0.15, 0.2) is 11.3 Å². The number of nitrogens with zero attached hydrogens (tertiary/aromatic N) is 4. The molecule has 152 valence electrons. The molecule has 0 atom stereocenters. The highest BCUT2D eigenvalue weighted by Gasteiger charge is 2.14. The molecule has 0 aliphatic rings. The molecule has 30 heavy (non-hydrogen) atoms. The Morgan fingerprint density at radius 2 is 2.03 bits per heavy atom. The van der Waals surface area contributed by atoms with Crippen molar-refractivity contribution in [3.05, 3.63) is 77.3 Å². The minimum absolute atomic E-state index is 0.190. The first-order valence-corrected chi connectivity index (χ1v) is 9.63. The number of ether oxygens (including phenoxy) is 2. The average molecular weight is 424 g/mol. The molecule has 0 unspecified atom stereocenters. The molecule has 0 amide bonds. The maximum Gasteiger partial charge on any atom is 0.358 e. The Balaban J connectivity index is 1.52. The van der Waals surface area contributed by atoms with E-state index in [-0.39, 0.29) is 12.3 Å². The zero-order chi connectivity index (χ0) is 20.9. The third-order valence-corrected chi connectivity index (χ3v) is 4.44. The molecule has 4 rings (SSSR count). The van der Waals surface area contributed by atoms with Crippen molar-refractivity contribution in [3.63, 3.8) is 0 Å². The number of aromatic nitrogens is 4. The van der Waals surface area contributed by atoms with E-state index in [1.807, 2.05) is 24.3 Å². The smallest absolute Gasteiger partial charge is 0.358 e. The van der Waals surface area contributed by atoms with Crippen LogP contribution in [0.3, 0.4) is 0 Å². The van der Waals surface area contributed by atoms with E-state index in [0.29, 0.717) is 28.8 Å². The van der Waals surface area contributed by atoms with Gasteiger partial charge >= 0.3 is 5.97 Å². The van der Waals surface area contributed by atoms with E-state index < -0.39 is 5.97 Å². The summed E-state index contributed by atoms with van der Waals surface area (Å²) in [6, 6.07) is 14.3. The largest absolute Gasteiger partial charge is 0.486 e. The Morgan fingerprint density at radius 3 is 2.80 bits per heavy atom. The zero-order valence-electron chi connectivity index (χ0n) is 16.1. The van der Waals surface area contributed by atoms with Crippen LogP contribution in [0.25, 0.3) is 5.65 Å². The number of rotatable bonds is 7. The van der Waals surface area contributed by atoms with Gasteiger partial charge in [0.1, 0.15) is 18.2 Å². The Bertz CT molecular complexity index is 1180. The highest BCUT2D eigenvalue weighted by molar-refractivity contribution is 6.32. The van der Waals surface area contributed by atoms with Crippen molar-refractivity contribution in [1.82, 2.24) is 19.6 Å². The first-order valence-electron chi connectivity index (χ1n) is 9.25. The van der Waals surface area contributed by atoms with Gasteiger partial charge in [-0.3, -0.25) is 4.98 Å². The number of pyridine rings is 1. The Kier molecular flexibility index (Phi) is 5.76. The first kappa shape index (κ1) is 19.7. The lowest BCUT2D eigenvalue weighted by molar-refractivity contribution is 0.0519. The lowest BCUT2D eigenvalue weighted by Crippen LogP contribution is -2.06. The van der Waals surface area contributed by atoms with Crippen LogP contribution in [0.15, 0.2) is 60.9 Å². The van der Waals surface area contributed by atoms with E-state index in [0.717, 1.165) is 11.4 Å². The van der Waals surface area contributed by atoms with Gasteiger partial charge in [0.05, 0.1) is 17.3 Å². The molecule has 0 saturated heterocycles.